The molecule has 6 atom stereocenters. The molecule has 0 spiro atoms. The van der Waals surface area contributed by atoms with Gasteiger partial charge < -0.3 is 64.9 Å². The molecule has 410 valence electrons. The molecule has 15 nitrogen and oxygen atoms in total. The molecule has 76 heavy (non-hydrogen) atoms. The van der Waals surface area contributed by atoms with Gasteiger partial charge in [-0.15, -0.1) is 22.7 Å². The fourth-order valence-electron chi connectivity index (χ4n) is 10.2. The molecule has 6 N–H and O–H groups in total. The number of benzene rings is 4. The number of nitrogens with zero attached hydrogens (tertiary/aromatic N) is 4. The number of nitrogens with two attached hydrogens (primary N) is 1. The monoisotopic (exact) mass is 1130 g/mol. The maximum absolute atomic E-state index is 14.7. The molecule has 0 radical (unpaired) electrons. The Labute approximate surface area is 460 Å². The van der Waals surface area contributed by atoms with Crippen molar-refractivity contribution in [3.05, 3.63) is 104 Å². The van der Waals surface area contributed by atoms with Gasteiger partial charge >= 0.3 is 5.97 Å². The SMILES string of the molecule is C.N[C@H](CN1CCC1)[C@H](O)c1cc(F)c2c(c1)OCCO2.O=C(N[C@H](CN1CCC1)[C@H](O)c1cc(F)c2c(c1)OCCO2)[C@@H]1CCN(c2ccc3cc(Cl)sc3c2)C1.O=C(O)[C@@H]1CCN(c2ccc3cc(Cl)sc3c2)C1.[2HH]. The third-order valence-electron chi connectivity index (χ3n) is 14.6. The lowest BCUT2D eigenvalue weighted by Crippen LogP contribution is -2.52. The standard InChI is InChI=1S/C27H29ClFN3O4S.C14H19FN2O3.C13H12ClNO2S.CH4.H2/c28-24-12-16-2-3-19(13-23(16)37-24)32-7-4-17(14-32)27(34)30-21(15-31-5-1-6-31)25(33)18-10-20(29)26-22(11-18)35-8-9-36-26;15-10-6-9(7-12-14(10)20-5-4-19-12)13(18)11(16)8-17-2-1-3-17;14-12-5-8-1-2-10(6-11(8)18-12)15-4-3-9(7-15)13(16)17;;/h2-3,10-13,17,21,25,33H,1,4-9,14-15H2,(H,30,34);6-7,11,13,18H,1-5,8,16H2;1-2,5-6,9H,3-4,7H2,(H,16,17);1H4;1H/t17-,21-,25-;11-,13-;9-;;/m111../s1/i;;;;1+1. The summed E-state index contributed by atoms with van der Waals surface area (Å²) in [5.41, 5.74) is 8.96. The zero-order valence-electron chi connectivity index (χ0n) is 41.1. The number of carbonyl (C=O) groups excluding carboxylic acids is 1. The quantitative estimate of drug-likeness (QED) is 0.0738. The lowest BCUT2D eigenvalue weighted by Gasteiger charge is -2.36. The van der Waals surface area contributed by atoms with Gasteiger partial charge in [0, 0.05) is 67.5 Å². The number of aliphatic hydroxyl groups is 2. The number of anilines is 2. The van der Waals surface area contributed by atoms with Crippen molar-refractivity contribution >= 4 is 89.3 Å². The van der Waals surface area contributed by atoms with Crippen LogP contribution in [0.5, 0.6) is 23.0 Å². The third kappa shape index (κ3) is 12.9. The second kappa shape index (κ2) is 24.6. The van der Waals surface area contributed by atoms with Gasteiger partial charge in [-0.2, -0.15) is 0 Å². The Bertz CT molecular complexity index is 3020. The molecule has 4 saturated heterocycles. The highest BCUT2D eigenvalue weighted by atomic mass is 35.5. The Hall–Kier alpha value is -5.22. The largest absolute Gasteiger partial charge is 0.486 e. The van der Waals surface area contributed by atoms with Gasteiger partial charge in [0.25, 0.3) is 0 Å². The molecule has 12 rings (SSSR count). The van der Waals surface area contributed by atoms with Crippen LogP contribution >= 0.6 is 45.9 Å². The number of aliphatic hydroxyl groups excluding tert-OH is 2. The van der Waals surface area contributed by atoms with E-state index in [1.54, 1.807) is 34.8 Å². The highest BCUT2D eigenvalue weighted by molar-refractivity contribution is 7.23. The van der Waals surface area contributed by atoms with Crippen molar-refractivity contribution < 1.29 is 54.1 Å². The number of carbonyl (C=O) groups is 2. The molecule has 0 saturated carbocycles. The molecular formula is C55H66Cl2F2N6O9S2. The molecule has 21 heteroatoms. The number of carboxylic acid groups (broad SMARTS) is 1. The molecule has 6 aliphatic rings. The maximum Gasteiger partial charge on any atom is 0.308 e. The van der Waals surface area contributed by atoms with Gasteiger partial charge in [0.1, 0.15) is 32.5 Å². The Kier molecular flexibility index (Phi) is 18.0. The fourth-order valence-corrected chi connectivity index (χ4v) is 12.6. The number of likely N-dealkylation sites (tertiary alicyclic amines) is 2. The average Bonchev–Trinajstić information content (AvgIpc) is 4.22. The van der Waals surface area contributed by atoms with E-state index in [0.717, 1.165) is 98.8 Å². The number of amides is 1. The highest BCUT2D eigenvalue weighted by Crippen LogP contribution is 2.40. The van der Waals surface area contributed by atoms with Crippen LogP contribution in [0.4, 0.5) is 20.2 Å². The molecule has 6 aromatic rings. The van der Waals surface area contributed by atoms with Crippen molar-refractivity contribution in [2.75, 3.05) is 102 Å². The summed E-state index contributed by atoms with van der Waals surface area (Å²) in [6.07, 6.45) is 1.70. The van der Waals surface area contributed by atoms with Gasteiger partial charge in [0.15, 0.2) is 34.6 Å². The lowest BCUT2D eigenvalue weighted by molar-refractivity contribution is -0.141. The van der Waals surface area contributed by atoms with Crippen LogP contribution in [0.25, 0.3) is 20.2 Å². The van der Waals surface area contributed by atoms with E-state index in [0.29, 0.717) is 62.9 Å². The molecule has 4 aromatic carbocycles. The minimum absolute atomic E-state index is 0. The fraction of sp³-hybridized carbons (Fsp3) is 0.455. The van der Waals surface area contributed by atoms with Gasteiger partial charge in [0.05, 0.1) is 32.7 Å². The van der Waals surface area contributed by atoms with Crippen LogP contribution in [0.15, 0.2) is 72.8 Å². The summed E-state index contributed by atoms with van der Waals surface area (Å²) in [6.45, 7) is 9.06. The van der Waals surface area contributed by atoms with E-state index in [-0.39, 0.29) is 50.5 Å². The van der Waals surface area contributed by atoms with E-state index >= 15 is 0 Å². The lowest BCUT2D eigenvalue weighted by atomic mass is 9.98. The van der Waals surface area contributed by atoms with Crippen LogP contribution in [-0.2, 0) is 9.59 Å². The predicted molar refractivity (Wildman–Crippen MR) is 298 cm³/mol. The van der Waals surface area contributed by atoms with E-state index in [2.05, 4.69) is 49.2 Å². The van der Waals surface area contributed by atoms with Gasteiger partial charge in [-0.25, -0.2) is 8.78 Å². The van der Waals surface area contributed by atoms with Gasteiger partial charge in [-0.3, -0.25) is 9.59 Å². The summed E-state index contributed by atoms with van der Waals surface area (Å²) in [5, 5.41) is 35.9. The normalized spacial score (nSPS) is 20.5. The number of halogens is 4. The number of aliphatic carboxylic acids is 1. The number of fused-ring (bicyclic) bond motifs is 4. The highest BCUT2D eigenvalue weighted by Gasteiger charge is 2.35. The number of hydrogen-bond donors (Lipinski definition) is 5. The van der Waals surface area contributed by atoms with Crippen molar-refractivity contribution in [3.8, 4) is 23.0 Å². The van der Waals surface area contributed by atoms with Crippen LogP contribution in [0.2, 0.25) is 8.67 Å². The van der Waals surface area contributed by atoms with Crippen LogP contribution in [0, 0.1) is 23.5 Å². The summed E-state index contributed by atoms with van der Waals surface area (Å²) >= 11 is 15.3. The first kappa shape index (κ1) is 55.5. The number of carboxylic acids is 1. The maximum atomic E-state index is 14.7. The van der Waals surface area contributed by atoms with Crippen LogP contribution < -0.4 is 39.8 Å². The molecule has 0 unspecified atom stereocenters. The number of ether oxygens (including phenoxy) is 4. The van der Waals surface area contributed by atoms with E-state index in [4.69, 9.17) is 53.0 Å². The smallest absolute Gasteiger partial charge is 0.308 e. The van der Waals surface area contributed by atoms with E-state index in [9.17, 15) is 28.6 Å². The molecule has 4 fully saturated rings. The molecule has 8 heterocycles. The summed E-state index contributed by atoms with van der Waals surface area (Å²) in [5.74, 6) is -1.53. The predicted octanol–water partition coefficient (Wildman–Crippen LogP) is 9.23. The summed E-state index contributed by atoms with van der Waals surface area (Å²) in [6, 6.07) is 21.1. The van der Waals surface area contributed by atoms with Crippen LogP contribution in [0.3, 0.4) is 0 Å². The van der Waals surface area contributed by atoms with Gasteiger partial charge in [-0.05, 0) is 134 Å². The zero-order chi connectivity index (χ0) is 52.3. The first-order valence-electron chi connectivity index (χ1n) is 25.4. The molecule has 2 aromatic heterocycles. The first-order chi connectivity index (χ1) is 36.2. The second-order valence-corrected chi connectivity index (χ2v) is 23.2. The van der Waals surface area contributed by atoms with Gasteiger partial charge in [0.2, 0.25) is 5.91 Å². The molecule has 0 bridgehead atoms. The number of hydrogen-bond acceptors (Lipinski definition) is 15. The van der Waals surface area contributed by atoms with Gasteiger partial charge in [-0.1, -0.05) is 42.8 Å². The molecule has 1 amide bonds. The van der Waals surface area contributed by atoms with Crippen molar-refractivity contribution in [3.63, 3.8) is 0 Å². The number of nitrogens with one attached hydrogen (secondary N) is 1. The summed E-state index contributed by atoms with van der Waals surface area (Å²) < 4.78 is 53.9. The van der Waals surface area contributed by atoms with Crippen LogP contribution in [-0.4, -0.2) is 141 Å². The molecule has 6 aliphatic heterocycles. The number of thiophene rings is 2. The Morgan fingerprint density at radius 3 is 1.63 bits per heavy atom. The van der Waals surface area contributed by atoms with Crippen LogP contribution in [0.1, 0.15) is 57.9 Å². The minimum atomic E-state index is -1.08. The summed E-state index contributed by atoms with van der Waals surface area (Å²) in [7, 11) is 0. The Morgan fingerprint density at radius 2 is 1.14 bits per heavy atom. The first-order valence-corrected chi connectivity index (χ1v) is 27.8. The van der Waals surface area contributed by atoms with E-state index < -0.39 is 41.9 Å². The Balaban J connectivity index is 0.000000166. The molecular weight excluding hydrogens is 1060 g/mol. The minimum Gasteiger partial charge on any atom is -0.486 e. The van der Waals surface area contributed by atoms with Crippen molar-refractivity contribution in [2.24, 2.45) is 17.6 Å². The Morgan fingerprint density at radius 1 is 0.671 bits per heavy atom. The van der Waals surface area contributed by atoms with E-state index in [1.165, 1.54) is 18.6 Å². The van der Waals surface area contributed by atoms with Crippen molar-refractivity contribution in [1.29, 1.82) is 0 Å². The average molecular weight is 1130 g/mol. The second-order valence-electron chi connectivity index (χ2n) is 19.8. The van der Waals surface area contributed by atoms with E-state index in [1.807, 2.05) is 24.3 Å². The zero-order valence-corrected chi connectivity index (χ0v) is 44.3. The van der Waals surface area contributed by atoms with Crippen molar-refractivity contribution in [1.82, 2.24) is 15.1 Å². The third-order valence-corrected chi connectivity index (χ3v) is 17.1. The topological polar surface area (TPSA) is 183 Å². The summed E-state index contributed by atoms with van der Waals surface area (Å²) in [4.78, 5) is 33.0. The number of rotatable bonds is 13. The van der Waals surface area contributed by atoms with Crippen molar-refractivity contribution in [2.45, 2.75) is 57.4 Å². The molecule has 0 aliphatic carbocycles.